The third-order valence-corrected chi connectivity index (χ3v) is 8.82. The van der Waals surface area contributed by atoms with E-state index in [9.17, 15) is 0 Å². The highest BCUT2D eigenvalue weighted by Gasteiger charge is 2.24. The molecule has 0 radical (unpaired) electrons. The van der Waals surface area contributed by atoms with Gasteiger partial charge in [-0.2, -0.15) is 0 Å². The predicted molar refractivity (Wildman–Crippen MR) is 173 cm³/mol. The first-order chi connectivity index (χ1) is 18.8. The van der Waals surface area contributed by atoms with Crippen molar-refractivity contribution in [2.75, 3.05) is 13.1 Å². The lowest BCUT2D eigenvalue weighted by atomic mass is 10.0. The second-order valence-corrected chi connectivity index (χ2v) is 12.5. The van der Waals surface area contributed by atoms with E-state index in [-0.39, 0.29) is 0 Å². The molecule has 226 valence electrons. The maximum absolute atomic E-state index is 2.71. The van der Waals surface area contributed by atoms with Crippen molar-refractivity contribution in [1.82, 2.24) is 9.80 Å². The molecule has 0 spiro atoms. The lowest BCUT2D eigenvalue weighted by Crippen LogP contribution is -2.39. The summed E-state index contributed by atoms with van der Waals surface area (Å²) in [5, 5.41) is 0. The van der Waals surface area contributed by atoms with Crippen molar-refractivity contribution < 1.29 is 0 Å². The van der Waals surface area contributed by atoms with Gasteiger partial charge < -0.3 is 9.80 Å². The zero-order chi connectivity index (χ0) is 27.4. The van der Waals surface area contributed by atoms with E-state index < -0.39 is 0 Å². The highest BCUT2D eigenvalue weighted by Crippen LogP contribution is 2.24. The smallest absolute Gasteiger partial charge is 0.101 e. The highest BCUT2D eigenvalue weighted by atomic mass is 15.4. The summed E-state index contributed by atoms with van der Waals surface area (Å²) >= 11 is 0. The van der Waals surface area contributed by atoms with Crippen LogP contribution in [0.3, 0.4) is 0 Å². The number of nitrogens with zero attached hydrogens (tertiary/aromatic N) is 2. The minimum atomic E-state index is 0.641. The second-order valence-electron chi connectivity index (χ2n) is 12.5. The third kappa shape index (κ3) is 20.3. The molecule has 0 bridgehead atoms. The van der Waals surface area contributed by atoms with Gasteiger partial charge in [0.05, 0.1) is 0 Å². The van der Waals surface area contributed by atoms with Crippen LogP contribution in [0.25, 0.3) is 0 Å². The normalized spacial score (nSPS) is 15.3. The van der Waals surface area contributed by atoms with E-state index in [0.29, 0.717) is 6.17 Å². The number of hydrogen-bond donors (Lipinski definition) is 0. The van der Waals surface area contributed by atoms with Crippen LogP contribution >= 0.6 is 0 Å². The third-order valence-electron chi connectivity index (χ3n) is 8.82. The summed E-state index contributed by atoms with van der Waals surface area (Å²) in [6, 6.07) is 0. The molecule has 1 rings (SSSR count). The molecule has 0 fully saturated rings. The summed E-state index contributed by atoms with van der Waals surface area (Å²) in [6.45, 7) is 9.47. The number of rotatable bonds is 30. The monoisotopic (exact) mass is 533 g/mol. The van der Waals surface area contributed by atoms with Crippen LogP contribution in [0.4, 0.5) is 0 Å². The van der Waals surface area contributed by atoms with Gasteiger partial charge in [-0.25, -0.2) is 0 Å². The Balaban J connectivity index is 2.24. The zero-order valence-electron chi connectivity index (χ0n) is 26.8. The Bertz CT molecular complexity index is 488. The van der Waals surface area contributed by atoms with Crippen LogP contribution < -0.4 is 0 Å². The average Bonchev–Trinajstić information content (AvgIpc) is 3.31. The fourth-order valence-corrected chi connectivity index (χ4v) is 6.19. The molecule has 2 nitrogen and oxygen atoms in total. The fraction of sp³-hybridized carbons (Fsp3) is 0.944. The first kappa shape index (κ1) is 35.4. The van der Waals surface area contributed by atoms with Crippen molar-refractivity contribution in [3.8, 4) is 0 Å². The molecule has 0 aromatic carbocycles. The standard InChI is InChI=1S/C36H72N2/c1-4-7-10-13-16-18-20-22-25-28-31-36-37(32-29-26-23-15-12-9-6-3)34-35-38(36)33-30-27-24-21-19-17-14-11-8-5-2/h34-36H,4-33H2,1-3H3. The average molecular weight is 533 g/mol. The minimum Gasteiger partial charge on any atom is -0.356 e. The quantitative estimate of drug-likeness (QED) is 0.0848. The molecule has 1 aliphatic heterocycles. The first-order valence-corrected chi connectivity index (χ1v) is 18.0. The van der Waals surface area contributed by atoms with E-state index >= 15 is 0 Å². The molecule has 0 aliphatic carbocycles. The lowest BCUT2D eigenvalue weighted by molar-refractivity contribution is 0.135. The van der Waals surface area contributed by atoms with Gasteiger partial charge in [0, 0.05) is 25.5 Å². The Hall–Kier alpha value is -0.660. The molecular weight excluding hydrogens is 460 g/mol. The van der Waals surface area contributed by atoms with E-state index in [4.69, 9.17) is 0 Å². The molecule has 1 unspecified atom stereocenters. The summed E-state index contributed by atoms with van der Waals surface area (Å²) in [7, 11) is 0. The van der Waals surface area contributed by atoms with Crippen LogP contribution in [0.1, 0.15) is 201 Å². The predicted octanol–water partition coefficient (Wildman–Crippen LogP) is 12.4. The van der Waals surface area contributed by atoms with Crippen molar-refractivity contribution in [2.45, 2.75) is 207 Å². The molecular formula is C36H72N2. The van der Waals surface area contributed by atoms with Crippen molar-refractivity contribution in [2.24, 2.45) is 0 Å². The molecule has 0 amide bonds. The van der Waals surface area contributed by atoms with Crippen LogP contribution in [0.15, 0.2) is 12.4 Å². The van der Waals surface area contributed by atoms with Gasteiger partial charge in [-0.3, -0.25) is 0 Å². The Morgan fingerprint density at radius 3 is 0.921 bits per heavy atom. The van der Waals surface area contributed by atoms with E-state index in [2.05, 4.69) is 43.0 Å². The van der Waals surface area contributed by atoms with Gasteiger partial charge in [0.1, 0.15) is 6.17 Å². The topological polar surface area (TPSA) is 6.48 Å². The molecule has 0 saturated carbocycles. The van der Waals surface area contributed by atoms with E-state index in [1.165, 1.54) is 193 Å². The molecule has 2 heteroatoms. The Morgan fingerprint density at radius 1 is 0.342 bits per heavy atom. The van der Waals surface area contributed by atoms with Crippen LogP contribution in [-0.2, 0) is 0 Å². The van der Waals surface area contributed by atoms with Crippen LogP contribution in [0.2, 0.25) is 0 Å². The summed E-state index contributed by atoms with van der Waals surface area (Å²) in [5.41, 5.74) is 0. The Morgan fingerprint density at radius 2 is 0.605 bits per heavy atom. The van der Waals surface area contributed by atoms with Gasteiger partial charge in [0.2, 0.25) is 0 Å². The van der Waals surface area contributed by atoms with Gasteiger partial charge in [0.15, 0.2) is 0 Å². The number of unbranched alkanes of at least 4 members (excludes halogenated alkanes) is 24. The van der Waals surface area contributed by atoms with Crippen LogP contribution in [0, 0.1) is 0 Å². The summed E-state index contributed by atoms with van der Waals surface area (Å²) in [6.07, 6.45) is 45.4. The fourth-order valence-electron chi connectivity index (χ4n) is 6.19. The van der Waals surface area contributed by atoms with Crippen molar-refractivity contribution in [3.05, 3.63) is 12.4 Å². The first-order valence-electron chi connectivity index (χ1n) is 18.0. The summed E-state index contributed by atoms with van der Waals surface area (Å²) < 4.78 is 0. The van der Waals surface area contributed by atoms with Gasteiger partial charge in [-0.1, -0.05) is 175 Å². The Kier molecular flexibility index (Phi) is 26.0. The van der Waals surface area contributed by atoms with E-state index in [0.717, 1.165) is 0 Å². The molecule has 38 heavy (non-hydrogen) atoms. The largest absolute Gasteiger partial charge is 0.356 e. The minimum absolute atomic E-state index is 0.641. The SMILES string of the molecule is CCCCCCCCCCCCC1N(CCCCCCCCC)C=CN1CCCCCCCCCCCC. The van der Waals surface area contributed by atoms with Gasteiger partial charge in [0.25, 0.3) is 0 Å². The van der Waals surface area contributed by atoms with E-state index in [1.807, 2.05) is 0 Å². The maximum Gasteiger partial charge on any atom is 0.101 e. The maximum atomic E-state index is 2.71. The summed E-state index contributed by atoms with van der Waals surface area (Å²) in [4.78, 5) is 5.41. The lowest BCUT2D eigenvalue weighted by Gasteiger charge is -2.33. The molecule has 1 heterocycles. The number of hydrogen-bond acceptors (Lipinski definition) is 2. The van der Waals surface area contributed by atoms with Gasteiger partial charge in [-0.15, -0.1) is 0 Å². The van der Waals surface area contributed by atoms with Gasteiger partial charge >= 0.3 is 0 Å². The van der Waals surface area contributed by atoms with E-state index in [1.54, 1.807) is 0 Å². The zero-order valence-corrected chi connectivity index (χ0v) is 26.8. The van der Waals surface area contributed by atoms with Crippen molar-refractivity contribution in [1.29, 1.82) is 0 Å². The summed E-state index contributed by atoms with van der Waals surface area (Å²) in [5.74, 6) is 0. The molecule has 0 aromatic rings. The highest BCUT2D eigenvalue weighted by molar-refractivity contribution is 4.97. The van der Waals surface area contributed by atoms with Crippen molar-refractivity contribution >= 4 is 0 Å². The molecule has 1 atom stereocenters. The Labute approximate surface area is 241 Å². The molecule has 1 aliphatic rings. The second kappa shape index (κ2) is 27.9. The molecule has 0 aromatic heterocycles. The van der Waals surface area contributed by atoms with Crippen molar-refractivity contribution in [3.63, 3.8) is 0 Å². The van der Waals surface area contributed by atoms with Gasteiger partial charge in [-0.05, 0) is 25.7 Å². The van der Waals surface area contributed by atoms with Crippen LogP contribution in [-0.4, -0.2) is 29.1 Å². The molecule has 0 N–H and O–H groups in total. The van der Waals surface area contributed by atoms with Crippen LogP contribution in [0.5, 0.6) is 0 Å². The molecule has 0 saturated heterocycles.